The lowest BCUT2D eigenvalue weighted by Gasteiger charge is -2.31. The normalized spacial score (nSPS) is 16.4. The number of fused-ring (bicyclic) bond motifs is 1. The third kappa shape index (κ3) is 9.85. The highest BCUT2D eigenvalue weighted by molar-refractivity contribution is 6.13. The molecule has 0 radical (unpaired) electrons. The Balaban J connectivity index is 1.46. The molecular weight excluding hydrogens is 592 g/mol. The summed E-state index contributed by atoms with van der Waals surface area (Å²) >= 11 is 0. The highest BCUT2D eigenvalue weighted by Gasteiger charge is 2.34. The summed E-state index contributed by atoms with van der Waals surface area (Å²) in [6.07, 6.45) is 3.96. The van der Waals surface area contributed by atoms with Gasteiger partial charge < -0.3 is 39.9 Å². The molecule has 14 nitrogen and oxygen atoms in total. The number of rotatable bonds is 14. The average Bonchev–Trinajstić information content (AvgIpc) is 3.33. The predicted molar refractivity (Wildman–Crippen MR) is 176 cm³/mol. The SMILES string of the molecule is CN(CCCC(=O)O)Cc1cc(N=CC2C(=O)Nc3ncnc(NCCCN(C)C(=O)OC(C)(C)C)c32)ccc1N1CCOCC1. The van der Waals surface area contributed by atoms with Crippen molar-refractivity contribution in [3.8, 4) is 0 Å². The van der Waals surface area contributed by atoms with Crippen LogP contribution in [0.25, 0.3) is 0 Å². The molecule has 3 heterocycles. The molecule has 4 rings (SSSR count). The zero-order chi connectivity index (χ0) is 33.3. The Morgan fingerprint density at radius 3 is 2.67 bits per heavy atom. The molecular formula is C32H46N8O6. The lowest BCUT2D eigenvalue weighted by atomic mass is 10.0. The van der Waals surface area contributed by atoms with Gasteiger partial charge in [0, 0.05) is 58.1 Å². The van der Waals surface area contributed by atoms with Crippen molar-refractivity contribution in [3.05, 3.63) is 35.7 Å². The zero-order valence-electron chi connectivity index (χ0n) is 27.4. The largest absolute Gasteiger partial charge is 0.481 e. The monoisotopic (exact) mass is 638 g/mol. The van der Waals surface area contributed by atoms with Crippen LogP contribution in [-0.4, -0.2) is 115 Å². The number of aromatic nitrogens is 2. The van der Waals surface area contributed by atoms with Gasteiger partial charge in [0.25, 0.3) is 0 Å². The van der Waals surface area contributed by atoms with Gasteiger partial charge in [0.05, 0.1) is 24.5 Å². The van der Waals surface area contributed by atoms with Crippen molar-refractivity contribution in [1.29, 1.82) is 0 Å². The Kier molecular flexibility index (Phi) is 11.9. The third-order valence-electron chi connectivity index (χ3n) is 7.55. The van der Waals surface area contributed by atoms with E-state index in [9.17, 15) is 14.4 Å². The van der Waals surface area contributed by atoms with Crippen molar-refractivity contribution in [1.82, 2.24) is 19.8 Å². The smallest absolute Gasteiger partial charge is 0.410 e. The number of aliphatic carboxylic acids is 1. The van der Waals surface area contributed by atoms with E-state index in [-0.39, 0.29) is 18.4 Å². The molecule has 0 bridgehead atoms. The Labute approximate surface area is 270 Å². The lowest BCUT2D eigenvalue weighted by molar-refractivity contribution is -0.137. The Morgan fingerprint density at radius 2 is 1.96 bits per heavy atom. The number of carboxylic acid groups (broad SMARTS) is 1. The zero-order valence-corrected chi connectivity index (χ0v) is 27.4. The molecule has 0 aliphatic carbocycles. The molecule has 2 aromatic rings. The van der Waals surface area contributed by atoms with Crippen LogP contribution in [0.4, 0.5) is 27.8 Å². The maximum Gasteiger partial charge on any atom is 0.410 e. The Hall–Kier alpha value is -4.30. The topological polar surface area (TPSA) is 162 Å². The van der Waals surface area contributed by atoms with E-state index in [1.54, 1.807) is 13.3 Å². The first-order valence-corrected chi connectivity index (χ1v) is 15.6. The number of carboxylic acids is 1. The number of hydrogen-bond donors (Lipinski definition) is 3. The maximum atomic E-state index is 13.0. The first-order chi connectivity index (χ1) is 21.9. The number of hydrogen-bond acceptors (Lipinski definition) is 11. The van der Waals surface area contributed by atoms with Crippen LogP contribution < -0.4 is 15.5 Å². The number of aliphatic imine (C=N–C) groups is 1. The summed E-state index contributed by atoms with van der Waals surface area (Å²) in [4.78, 5) is 55.6. The van der Waals surface area contributed by atoms with Crippen molar-refractivity contribution in [2.75, 3.05) is 75.6 Å². The predicted octanol–water partition coefficient (Wildman–Crippen LogP) is 3.72. The first-order valence-electron chi connectivity index (χ1n) is 15.6. The van der Waals surface area contributed by atoms with Gasteiger partial charge in [-0.1, -0.05) is 0 Å². The van der Waals surface area contributed by atoms with Crippen molar-refractivity contribution in [2.45, 2.75) is 58.1 Å². The molecule has 1 fully saturated rings. The van der Waals surface area contributed by atoms with Gasteiger partial charge in [-0.05, 0) is 71.0 Å². The van der Waals surface area contributed by atoms with E-state index < -0.39 is 17.5 Å². The third-order valence-corrected chi connectivity index (χ3v) is 7.55. The summed E-state index contributed by atoms with van der Waals surface area (Å²) in [5, 5.41) is 15.1. The summed E-state index contributed by atoms with van der Waals surface area (Å²) in [5.74, 6) is -0.757. The standard InChI is InChI=1S/C32H46N8O6/c1-32(2,3)46-31(44)39(5)13-7-11-33-28-27-24(30(43)37-29(27)36-21-35-28)19-34-23-9-10-25(40-14-16-45-17-15-40)22(18-23)20-38(4)12-6-8-26(41)42/h9-10,18-19,21,24H,6-8,11-17,20H2,1-5H3,(H,41,42)(H2,33,35,36,37,43). The molecule has 14 heteroatoms. The van der Waals surface area contributed by atoms with Crippen LogP contribution in [0.15, 0.2) is 29.5 Å². The molecule has 2 aliphatic heterocycles. The number of amides is 2. The molecule has 46 heavy (non-hydrogen) atoms. The highest BCUT2D eigenvalue weighted by atomic mass is 16.6. The molecule has 0 spiro atoms. The highest BCUT2D eigenvalue weighted by Crippen LogP contribution is 2.35. The minimum absolute atomic E-state index is 0.125. The van der Waals surface area contributed by atoms with Gasteiger partial charge in [0.15, 0.2) is 0 Å². The number of morpholine rings is 1. The van der Waals surface area contributed by atoms with Crippen LogP contribution in [-0.2, 0) is 25.6 Å². The van der Waals surface area contributed by atoms with Crippen LogP contribution in [0.1, 0.15) is 57.1 Å². The van der Waals surface area contributed by atoms with Crippen molar-refractivity contribution >= 4 is 47.2 Å². The van der Waals surface area contributed by atoms with Gasteiger partial charge in [0.2, 0.25) is 5.91 Å². The van der Waals surface area contributed by atoms with E-state index in [0.29, 0.717) is 75.1 Å². The van der Waals surface area contributed by atoms with E-state index in [4.69, 9.17) is 19.6 Å². The van der Waals surface area contributed by atoms with Crippen molar-refractivity contribution < 1.29 is 29.0 Å². The van der Waals surface area contributed by atoms with Gasteiger partial charge in [-0.2, -0.15) is 0 Å². The molecule has 2 aliphatic rings. The fraction of sp³-hybridized carbons (Fsp3) is 0.562. The molecule has 0 saturated carbocycles. The van der Waals surface area contributed by atoms with Gasteiger partial charge >= 0.3 is 12.1 Å². The summed E-state index contributed by atoms with van der Waals surface area (Å²) in [6, 6.07) is 6.00. The van der Waals surface area contributed by atoms with Gasteiger partial charge in [0.1, 0.15) is 29.5 Å². The van der Waals surface area contributed by atoms with Gasteiger partial charge in [-0.3, -0.25) is 14.6 Å². The maximum absolute atomic E-state index is 13.0. The van der Waals surface area contributed by atoms with Crippen LogP contribution in [0.2, 0.25) is 0 Å². The number of nitrogens with zero attached hydrogens (tertiary/aromatic N) is 6. The number of ether oxygens (including phenoxy) is 2. The van der Waals surface area contributed by atoms with E-state index >= 15 is 0 Å². The van der Waals surface area contributed by atoms with E-state index in [1.807, 2.05) is 46.0 Å². The van der Waals surface area contributed by atoms with E-state index in [0.717, 1.165) is 24.3 Å². The quantitative estimate of drug-likeness (QED) is 0.204. The number of benzene rings is 1. The molecule has 3 N–H and O–H groups in total. The number of carbonyl (C=O) groups excluding carboxylic acids is 2. The molecule has 1 aromatic heterocycles. The summed E-state index contributed by atoms with van der Waals surface area (Å²) in [5.41, 5.74) is 2.91. The number of nitrogens with one attached hydrogen (secondary N) is 2. The van der Waals surface area contributed by atoms with Crippen molar-refractivity contribution in [3.63, 3.8) is 0 Å². The minimum Gasteiger partial charge on any atom is -0.481 e. The molecule has 2 amide bonds. The van der Waals surface area contributed by atoms with Crippen LogP contribution in [0.5, 0.6) is 0 Å². The van der Waals surface area contributed by atoms with Gasteiger partial charge in [-0.25, -0.2) is 14.8 Å². The van der Waals surface area contributed by atoms with Crippen molar-refractivity contribution in [2.24, 2.45) is 4.99 Å². The minimum atomic E-state index is -0.800. The van der Waals surface area contributed by atoms with Gasteiger partial charge in [-0.15, -0.1) is 0 Å². The fourth-order valence-corrected chi connectivity index (χ4v) is 5.27. The van der Waals surface area contributed by atoms with Crippen LogP contribution in [0, 0.1) is 0 Å². The second kappa shape index (κ2) is 15.8. The van der Waals surface area contributed by atoms with E-state index in [1.165, 1.54) is 11.2 Å². The summed E-state index contributed by atoms with van der Waals surface area (Å²) < 4.78 is 11.0. The Bertz CT molecular complexity index is 1410. The number of anilines is 3. The molecule has 1 saturated heterocycles. The average molecular weight is 639 g/mol. The second-order valence-corrected chi connectivity index (χ2v) is 12.6. The fourth-order valence-electron chi connectivity index (χ4n) is 5.27. The van der Waals surface area contributed by atoms with Crippen LogP contribution >= 0.6 is 0 Å². The molecule has 1 aromatic carbocycles. The molecule has 1 atom stereocenters. The Morgan fingerprint density at radius 1 is 1.20 bits per heavy atom. The lowest BCUT2D eigenvalue weighted by Crippen LogP contribution is -2.37. The second-order valence-electron chi connectivity index (χ2n) is 12.6. The molecule has 1 unspecified atom stereocenters. The first kappa shape index (κ1) is 34.6. The number of carbonyl (C=O) groups is 3. The van der Waals surface area contributed by atoms with Crippen LogP contribution in [0.3, 0.4) is 0 Å². The summed E-state index contributed by atoms with van der Waals surface area (Å²) in [6.45, 7) is 10.6. The molecule has 250 valence electrons. The summed E-state index contributed by atoms with van der Waals surface area (Å²) in [7, 11) is 3.67. The van der Waals surface area contributed by atoms with E-state index in [2.05, 4.69) is 30.4 Å².